The molecule has 0 bridgehead atoms. The lowest BCUT2D eigenvalue weighted by atomic mass is 10.1. The van der Waals surface area contributed by atoms with Gasteiger partial charge in [-0.3, -0.25) is 0 Å². The van der Waals surface area contributed by atoms with Crippen molar-refractivity contribution in [1.29, 1.82) is 0 Å². The largest absolute Gasteiger partial charge is 0.464 e. The molecule has 0 saturated carbocycles. The molecular weight excluding hydrogens is 216 g/mol. The van der Waals surface area contributed by atoms with Gasteiger partial charge in [0.2, 0.25) is 0 Å². The highest BCUT2D eigenvalue weighted by Gasteiger charge is 2.16. The van der Waals surface area contributed by atoms with Crippen LogP contribution in [0, 0.1) is 6.92 Å². The van der Waals surface area contributed by atoms with E-state index in [1.165, 1.54) is 12.7 Å². The van der Waals surface area contributed by atoms with Crippen LogP contribution in [0.5, 0.6) is 0 Å². The number of nitrogens with one attached hydrogen (secondary N) is 1. The number of hydrogen-bond donors (Lipinski definition) is 2. The molecule has 88 valence electrons. The first-order chi connectivity index (χ1) is 8.13. The van der Waals surface area contributed by atoms with Crippen molar-refractivity contribution in [1.82, 2.24) is 4.98 Å². The summed E-state index contributed by atoms with van der Waals surface area (Å²) in [6.07, 6.45) is 1.71. The highest BCUT2D eigenvalue weighted by atomic mass is 16.5. The number of ether oxygens (including phenoxy) is 1. The van der Waals surface area contributed by atoms with Crippen LogP contribution in [0.3, 0.4) is 0 Å². The van der Waals surface area contributed by atoms with Gasteiger partial charge in [-0.1, -0.05) is 29.8 Å². The van der Waals surface area contributed by atoms with E-state index in [4.69, 9.17) is 5.73 Å². The lowest BCUT2D eigenvalue weighted by Crippen LogP contribution is -2.04. The van der Waals surface area contributed by atoms with Crippen molar-refractivity contribution in [3.8, 4) is 11.1 Å². The van der Waals surface area contributed by atoms with Gasteiger partial charge in [-0.2, -0.15) is 0 Å². The Labute approximate surface area is 99.4 Å². The summed E-state index contributed by atoms with van der Waals surface area (Å²) >= 11 is 0. The van der Waals surface area contributed by atoms with Crippen LogP contribution in [0.2, 0.25) is 0 Å². The molecule has 0 fully saturated rings. The normalized spacial score (nSPS) is 10.2. The number of hydrogen-bond acceptors (Lipinski definition) is 3. The van der Waals surface area contributed by atoms with Gasteiger partial charge in [0.1, 0.15) is 5.69 Å². The van der Waals surface area contributed by atoms with Crippen LogP contribution in [0.1, 0.15) is 16.1 Å². The SMILES string of the molecule is COC(=O)c1[nH]cc(-c2ccc(C)cc2)c1N. The number of methoxy groups -OCH3 is 1. The maximum Gasteiger partial charge on any atom is 0.356 e. The lowest BCUT2D eigenvalue weighted by Gasteiger charge is -2.02. The fourth-order valence-corrected chi connectivity index (χ4v) is 1.68. The average Bonchev–Trinajstić information content (AvgIpc) is 2.71. The number of aryl methyl sites for hydroxylation is 1. The van der Waals surface area contributed by atoms with Gasteiger partial charge in [0.05, 0.1) is 12.8 Å². The third kappa shape index (κ3) is 2.01. The Kier molecular flexibility index (Phi) is 2.87. The molecule has 3 N–H and O–H groups in total. The number of aromatic nitrogens is 1. The quantitative estimate of drug-likeness (QED) is 0.778. The molecule has 4 nitrogen and oxygen atoms in total. The van der Waals surface area contributed by atoms with Crippen molar-refractivity contribution in [2.45, 2.75) is 6.92 Å². The van der Waals surface area contributed by atoms with E-state index in [0.29, 0.717) is 11.4 Å². The van der Waals surface area contributed by atoms with Crippen LogP contribution in [0.4, 0.5) is 5.69 Å². The predicted octanol–water partition coefficient (Wildman–Crippen LogP) is 2.36. The van der Waals surface area contributed by atoms with Crippen molar-refractivity contribution >= 4 is 11.7 Å². The van der Waals surface area contributed by atoms with Gasteiger partial charge >= 0.3 is 5.97 Å². The molecule has 0 unspecified atom stereocenters. The Balaban J connectivity index is 2.44. The van der Waals surface area contributed by atoms with Gasteiger partial charge in [0.25, 0.3) is 0 Å². The van der Waals surface area contributed by atoms with Crippen LogP contribution in [0.15, 0.2) is 30.5 Å². The van der Waals surface area contributed by atoms with E-state index in [1.807, 2.05) is 31.2 Å². The number of rotatable bonds is 2. The van der Waals surface area contributed by atoms with E-state index in [1.54, 1.807) is 6.20 Å². The molecule has 0 amide bonds. The third-order valence-electron chi connectivity index (χ3n) is 2.67. The number of nitrogens with two attached hydrogens (primary N) is 1. The number of anilines is 1. The van der Waals surface area contributed by atoms with E-state index in [2.05, 4.69) is 9.72 Å². The summed E-state index contributed by atoms with van der Waals surface area (Å²) in [7, 11) is 1.33. The number of esters is 1. The summed E-state index contributed by atoms with van der Waals surface area (Å²) in [6.45, 7) is 2.02. The molecule has 0 saturated heterocycles. The summed E-state index contributed by atoms with van der Waals surface area (Å²) < 4.78 is 4.64. The average molecular weight is 230 g/mol. The number of nitrogen functional groups attached to an aromatic ring is 1. The highest BCUT2D eigenvalue weighted by Crippen LogP contribution is 2.28. The first kappa shape index (κ1) is 11.3. The molecule has 0 aliphatic rings. The highest BCUT2D eigenvalue weighted by molar-refractivity contribution is 5.98. The lowest BCUT2D eigenvalue weighted by molar-refractivity contribution is 0.0596. The van der Waals surface area contributed by atoms with Crippen molar-refractivity contribution in [2.75, 3.05) is 12.8 Å². The van der Waals surface area contributed by atoms with Crippen molar-refractivity contribution in [2.24, 2.45) is 0 Å². The number of carbonyl (C=O) groups is 1. The topological polar surface area (TPSA) is 68.1 Å². The fourth-order valence-electron chi connectivity index (χ4n) is 1.68. The van der Waals surface area contributed by atoms with Gasteiger partial charge in [0, 0.05) is 11.8 Å². The van der Waals surface area contributed by atoms with E-state index in [9.17, 15) is 4.79 Å². The number of benzene rings is 1. The molecule has 4 heteroatoms. The maximum atomic E-state index is 11.4. The molecule has 1 heterocycles. The molecular formula is C13H14N2O2. The zero-order valence-corrected chi connectivity index (χ0v) is 9.78. The number of carbonyl (C=O) groups excluding carboxylic acids is 1. The van der Waals surface area contributed by atoms with E-state index in [-0.39, 0.29) is 0 Å². The predicted molar refractivity (Wildman–Crippen MR) is 66.7 cm³/mol. The van der Waals surface area contributed by atoms with Gasteiger partial charge in [-0.05, 0) is 12.5 Å². The van der Waals surface area contributed by atoms with Crippen molar-refractivity contribution < 1.29 is 9.53 Å². The molecule has 2 rings (SSSR count). The van der Waals surface area contributed by atoms with E-state index in [0.717, 1.165) is 11.1 Å². The van der Waals surface area contributed by atoms with Crippen LogP contribution in [-0.2, 0) is 4.74 Å². The van der Waals surface area contributed by atoms with Crippen LogP contribution in [0.25, 0.3) is 11.1 Å². The van der Waals surface area contributed by atoms with Crippen molar-refractivity contribution in [3.05, 3.63) is 41.7 Å². The molecule has 0 aliphatic heterocycles. The molecule has 0 radical (unpaired) electrons. The molecule has 0 atom stereocenters. The summed E-state index contributed by atoms with van der Waals surface area (Å²) in [5.74, 6) is -0.458. The molecule has 1 aromatic heterocycles. The first-order valence-electron chi connectivity index (χ1n) is 5.25. The fraction of sp³-hybridized carbons (Fsp3) is 0.154. The summed E-state index contributed by atoms with van der Waals surface area (Å²) in [5.41, 5.74) is 9.59. The Bertz CT molecular complexity index is 541. The van der Waals surface area contributed by atoms with E-state index < -0.39 is 5.97 Å². The Morgan fingerprint density at radius 1 is 1.29 bits per heavy atom. The summed E-state index contributed by atoms with van der Waals surface area (Å²) in [5, 5.41) is 0. The van der Waals surface area contributed by atoms with Gasteiger partial charge in [-0.25, -0.2) is 4.79 Å². The minimum absolute atomic E-state index is 0.295. The molecule has 0 aliphatic carbocycles. The minimum atomic E-state index is -0.458. The smallest absolute Gasteiger partial charge is 0.356 e. The first-order valence-corrected chi connectivity index (χ1v) is 5.25. The van der Waals surface area contributed by atoms with E-state index >= 15 is 0 Å². The second kappa shape index (κ2) is 4.33. The van der Waals surface area contributed by atoms with Gasteiger partial charge < -0.3 is 15.5 Å². The zero-order chi connectivity index (χ0) is 12.4. The second-order valence-electron chi connectivity index (χ2n) is 3.85. The summed E-state index contributed by atoms with van der Waals surface area (Å²) in [6, 6.07) is 7.94. The third-order valence-corrected chi connectivity index (χ3v) is 2.67. The minimum Gasteiger partial charge on any atom is -0.464 e. The second-order valence-corrected chi connectivity index (χ2v) is 3.85. The van der Waals surface area contributed by atoms with Gasteiger partial charge in [0.15, 0.2) is 0 Å². The summed E-state index contributed by atoms with van der Waals surface area (Å²) in [4.78, 5) is 14.2. The van der Waals surface area contributed by atoms with Crippen LogP contribution < -0.4 is 5.73 Å². The van der Waals surface area contributed by atoms with Crippen molar-refractivity contribution in [3.63, 3.8) is 0 Å². The zero-order valence-electron chi connectivity index (χ0n) is 9.78. The Morgan fingerprint density at radius 2 is 1.94 bits per heavy atom. The van der Waals surface area contributed by atoms with Crippen LogP contribution in [-0.4, -0.2) is 18.1 Å². The number of H-pyrrole nitrogens is 1. The number of aromatic amines is 1. The van der Waals surface area contributed by atoms with Crippen LogP contribution >= 0.6 is 0 Å². The molecule has 2 aromatic rings. The van der Waals surface area contributed by atoms with Gasteiger partial charge in [-0.15, -0.1) is 0 Å². The Morgan fingerprint density at radius 3 is 2.53 bits per heavy atom. The Hall–Kier alpha value is -2.23. The molecule has 17 heavy (non-hydrogen) atoms. The molecule has 1 aromatic carbocycles. The maximum absolute atomic E-state index is 11.4. The standard InChI is InChI=1S/C13H14N2O2/c1-8-3-5-9(6-4-8)10-7-15-12(11(10)14)13(16)17-2/h3-7,15H,14H2,1-2H3. The molecule has 0 spiro atoms. The monoisotopic (exact) mass is 230 g/mol.